The van der Waals surface area contributed by atoms with Gasteiger partial charge in [0.25, 0.3) is 0 Å². The topological polar surface area (TPSA) is 43.2 Å². The molecule has 0 amide bonds. The zero-order valence-electron chi connectivity index (χ0n) is 12.0. The van der Waals surface area contributed by atoms with Crippen LogP contribution < -0.4 is 4.74 Å². The molecule has 20 heavy (non-hydrogen) atoms. The minimum absolute atomic E-state index is 0.509. The summed E-state index contributed by atoms with van der Waals surface area (Å²) in [4.78, 5) is 11.2. The standard InChI is InChI=1S/C15H20N4O/c1-3-18-8-6-13(11-18)19-9-7-16-15(19)12-4-5-14(20-2)17-10-12/h4-5,7,9-10,13H,3,6,8,11H2,1-2H3. The third kappa shape index (κ3) is 2.41. The molecule has 3 rings (SSSR count). The van der Waals surface area contributed by atoms with Gasteiger partial charge < -0.3 is 14.2 Å². The highest BCUT2D eigenvalue weighted by Gasteiger charge is 2.24. The Morgan fingerprint density at radius 2 is 2.25 bits per heavy atom. The molecule has 0 saturated carbocycles. The van der Waals surface area contributed by atoms with Gasteiger partial charge in [0.2, 0.25) is 5.88 Å². The summed E-state index contributed by atoms with van der Waals surface area (Å²) in [6, 6.07) is 4.40. The molecule has 0 radical (unpaired) electrons. The second-order valence-electron chi connectivity index (χ2n) is 5.08. The summed E-state index contributed by atoms with van der Waals surface area (Å²) in [5.41, 5.74) is 1.03. The molecule has 2 aromatic rings. The van der Waals surface area contributed by atoms with E-state index in [1.807, 2.05) is 24.5 Å². The average Bonchev–Trinajstić information content (AvgIpc) is 3.15. The van der Waals surface area contributed by atoms with E-state index in [9.17, 15) is 0 Å². The Balaban J connectivity index is 1.86. The Morgan fingerprint density at radius 1 is 1.35 bits per heavy atom. The number of aromatic nitrogens is 3. The highest BCUT2D eigenvalue weighted by atomic mass is 16.5. The Labute approximate surface area is 119 Å². The van der Waals surface area contributed by atoms with Gasteiger partial charge in [-0.3, -0.25) is 0 Å². The van der Waals surface area contributed by atoms with Crippen LogP contribution in [0.3, 0.4) is 0 Å². The summed E-state index contributed by atoms with van der Waals surface area (Å²) in [6.07, 6.45) is 6.95. The van der Waals surface area contributed by atoms with Crippen LogP contribution in [0.1, 0.15) is 19.4 Å². The highest BCUT2D eigenvalue weighted by Crippen LogP contribution is 2.27. The minimum Gasteiger partial charge on any atom is -0.481 e. The number of methoxy groups -OCH3 is 1. The van der Waals surface area contributed by atoms with E-state index < -0.39 is 0 Å². The number of pyridine rings is 1. The van der Waals surface area contributed by atoms with E-state index in [0.29, 0.717) is 11.9 Å². The molecule has 1 aliphatic rings. The number of nitrogens with zero attached hydrogens (tertiary/aromatic N) is 4. The number of rotatable bonds is 4. The molecule has 0 aromatic carbocycles. The molecular formula is C15H20N4O. The van der Waals surface area contributed by atoms with Crippen molar-refractivity contribution in [2.24, 2.45) is 0 Å². The first-order valence-corrected chi connectivity index (χ1v) is 7.07. The molecule has 1 aliphatic heterocycles. The zero-order valence-corrected chi connectivity index (χ0v) is 12.0. The number of ether oxygens (including phenoxy) is 1. The van der Waals surface area contributed by atoms with Crippen LogP contribution >= 0.6 is 0 Å². The smallest absolute Gasteiger partial charge is 0.212 e. The van der Waals surface area contributed by atoms with E-state index in [1.165, 1.54) is 13.0 Å². The van der Waals surface area contributed by atoms with Crippen LogP contribution in [0.2, 0.25) is 0 Å². The molecule has 5 heteroatoms. The first-order chi connectivity index (χ1) is 9.81. The van der Waals surface area contributed by atoms with Gasteiger partial charge >= 0.3 is 0 Å². The van der Waals surface area contributed by atoms with Gasteiger partial charge in [0, 0.05) is 49.4 Å². The first kappa shape index (κ1) is 13.1. The van der Waals surface area contributed by atoms with Gasteiger partial charge in [-0.25, -0.2) is 9.97 Å². The molecule has 0 spiro atoms. The van der Waals surface area contributed by atoms with E-state index in [2.05, 4.69) is 32.6 Å². The van der Waals surface area contributed by atoms with Crippen molar-refractivity contribution in [2.45, 2.75) is 19.4 Å². The SMILES string of the molecule is CCN1CCC(n2ccnc2-c2ccc(OC)nc2)C1. The molecule has 0 N–H and O–H groups in total. The Hall–Kier alpha value is -1.88. The number of likely N-dealkylation sites (tertiary alicyclic amines) is 1. The van der Waals surface area contributed by atoms with Crippen LogP contribution in [0.15, 0.2) is 30.7 Å². The molecule has 106 valence electrons. The Kier molecular flexibility index (Phi) is 3.69. The predicted molar refractivity (Wildman–Crippen MR) is 77.8 cm³/mol. The molecule has 0 aliphatic carbocycles. The molecule has 1 saturated heterocycles. The summed E-state index contributed by atoms with van der Waals surface area (Å²) in [5, 5.41) is 0. The molecule has 2 aromatic heterocycles. The fraction of sp³-hybridized carbons (Fsp3) is 0.467. The fourth-order valence-electron chi connectivity index (χ4n) is 2.79. The average molecular weight is 272 g/mol. The first-order valence-electron chi connectivity index (χ1n) is 7.07. The van der Waals surface area contributed by atoms with E-state index in [-0.39, 0.29) is 0 Å². The quantitative estimate of drug-likeness (QED) is 0.856. The van der Waals surface area contributed by atoms with Crippen LogP contribution in [0.5, 0.6) is 5.88 Å². The van der Waals surface area contributed by atoms with Crippen LogP contribution in [0.4, 0.5) is 0 Å². The van der Waals surface area contributed by atoms with Crippen molar-refractivity contribution in [1.29, 1.82) is 0 Å². The molecule has 1 atom stereocenters. The van der Waals surface area contributed by atoms with E-state index in [4.69, 9.17) is 4.74 Å². The van der Waals surface area contributed by atoms with Crippen molar-refractivity contribution in [3.63, 3.8) is 0 Å². The van der Waals surface area contributed by atoms with Gasteiger partial charge in [-0.1, -0.05) is 6.92 Å². The summed E-state index contributed by atoms with van der Waals surface area (Å²) < 4.78 is 7.38. The second kappa shape index (κ2) is 5.63. The minimum atomic E-state index is 0.509. The monoisotopic (exact) mass is 272 g/mol. The molecule has 5 nitrogen and oxygen atoms in total. The van der Waals surface area contributed by atoms with Crippen LogP contribution in [-0.4, -0.2) is 46.2 Å². The van der Waals surface area contributed by atoms with Gasteiger partial charge in [-0.15, -0.1) is 0 Å². The molecule has 1 fully saturated rings. The third-order valence-electron chi connectivity index (χ3n) is 3.96. The van der Waals surface area contributed by atoms with Crippen molar-refractivity contribution in [1.82, 2.24) is 19.4 Å². The zero-order chi connectivity index (χ0) is 13.9. The highest BCUT2D eigenvalue weighted by molar-refractivity contribution is 5.54. The fourth-order valence-corrected chi connectivity index (χ4v) is 2.79. The second-order valence-corrected chi connectivity index (χ2v) is 5.08. The summed E-state index contributed by atoms with van der Waals surface area (Å²) in [7, 11) is 1.63. The van der Waals surface area contributed by atoms with Crippen LogP contribution in [-0.2, 0) is 0 Å². The van der Waals surface area contributed by atoms with Gasteiger partial charge in [0.15, 0.2) is 0 Å². The lowest BCUT2D eigenvalue weighted by atomic mass is 10.2. The van der Waals surface area contributed by atoms with Crippen molar-refractivity contribution in [2.75, 3.05) is 26.7 Å². The lowest BCUT2D eigenvalue weighted by Crippen LogP contribution is -2.21. The maximum Gasteiger partial charge on any atom is 0.212 e. The normalized spacial score (nSPS) is 19.4. The van der Waals surface area contributed by atoms with Crippen molar-refractivity contribution >= 4 is 0 Å². The van der Waals surface area contributed by atoms with E-state index >= 15 is 0 Å². The lowest BCUT2D eigenvalue weighted by molar-refractivity contribution is 0.342. The largest absolute Gasteiger partial charge is 0.481 e. The van der Waals surface area contributed by atoms with Gasteiger partial charge in [0.05, 0.1) is 7.11 Å². The number of hydrogen-bond acceptors (Lipinski definition) is 4. The summed E-state index contributed by atoms with van der Waals surface area (Å²) in [6.45, 7) is 5.60. The summed E-state index contributed by atoms with van der Waals surface area (Å²) >= 11 is 0. The van der Waals surface area contributed by atoms with Crippen molar-refractivity contribution in [3.05, 3.63) is 30.7 Å². The van der Waals surface area contributed by atoms with E-state index in [1.54, 1.807) is 7.11 Å². The van der Waals surface area contributed by atoms with Gasteiger partial charge in [0.1, 0.15) is 5.82 Å². The summed E-state index contributed by atoms with van der Waals surface area (Å²) in [5.74, 6) is 1.62. The van der Waals surface area contributed by atoms with Crippen molar-refractivity contribution in [3.8, 4) is 17.3 Å². The van der Waals surface area contributed by atoms with Crippen molar-refractivity contribution < 1.29 is 4.74 Å². The Morgan fingerprint density at radius 3 is 2.90 bits per heavy atom. The number of likely N-dealkylation sites (N-methyl/N-ethyl adjacent to an activating group) is 1. The van der Waals surface area contributed by atoms with Gasteiger partial charge in [-0.05, 0) is 19.0 Å². The Bertz CT molecular complexity index is 564. The maximum atomic E-state index is 5.10. The van der Waals surface area contributed by atoms with Crippen LogP contribution in [0, 0.1) is 0 Å². The van der Waals surface area contributed by atoms with E-state index in [0.717, 1.165) is 24.5 Å². The third-order valence-corrected chi connectivity index (χ3v) is 3.96. The van der Waals surface area contributed by atoms with Crippen LogP contribution in [0.25, 0.3) is 11.4 Å². The number of hydrogen-bond donors (Lipinski definition) is 0. The number of imidazole rings is 1. The predicted octanol–water partition coefficient (Wildman–Crippen LogP) is 2.22. The molecule has 1 unspecified atom stereocenters. The molecule has 3 heterocycles. The maximum absolute atomic E-state index is 5.10. The molecule has 0 bridgehead atoms. The lowest BCUT2D eigenvalue weighted by Gasteiger charge is -2.16. The molecular weight excluding hydrogens is 252 g/mol. The van der Waals surface area contributed by atoms with Gasteiger partial charge in [-0.2, -0.15) is 0 Å².